The fourth-order valence-electron chi connectivity index (χ4n) is 2.91. The normalized spacial score (nSPS) is 25.5. The maximum atomic E-state index is 12.0. The molecule has 5 heteroatoms. The van der Waals surface area contributed by atoms with Crippen LogP contribution in [0.5, 0.6) is 0 Å². The lowest BCUT2D eigenvalue weighted by molar-refractivity contribution is -0.117. The zero-order chi connectivity index (χ0) is 14.1. The van der Waals surface area contributed by atoms with Crippen LogP contribution in [0.1, 0.15) is 25.5 Å². The van der Waals surface area contributed by atoms with Gasteiger partial charge in [0.15, 0.2) is 0 Å². The van der Waals surface area contributed by atoms with Crippen molar-refractivity contribution in [3.63, 3.8) is 0 Å². The first-order valence-corrected chi connectivity index (χ1v) is 7.23. The summed E-state index contributed by atoms with van der Waals surface area (Å²) >= 11 is 0. The van der Waals surface area contributed by atoms with E-state index in [-0.39, 0.29) is 18.1 Å². The second-order valence-electron chi connectivity index (χ2n) is 5.38. The molecule has 1 amide bonds. The van der Waals surface area contributed by atoms with Crippen molar-refractivity contribution in [2.24, 2.45) is 0 Å². The van der Waals surface area contributed by atoms with Crippen LogP contribution in [0.25, 0.3) is 0 Å². The van der Waals surface area contributed by atoms with E-state index in [4.69, 9.17) is 4.74 Å². The predicted octanol–water partition coefficient (Wildman–Crippen LogP) is 1.51. The molecule has 1 aromatic carbocycles. The van der Waals surface area contributed by atoms with Gasteiger partial charge in [-0.3, -0.25) is 4.79 Å². The first-order chi connectivity index (χ1) is 9.69. The topological polar surface area (TPSA) is 53.6 Å². The molecular formula is C15H21N3O2. The smallest absolute Gasteiger partial charge is 0.246 e. The van der Waals surface area contributed by atoms with Gasteiger partial charge in [0.05, 0.1) is 12.7 Å². The first-order valence-electron chi connectivity index (χ1n) is 7.23. The Bertz CT molecular complexity index is 518. The van der Waals surface area contributed by atoms with Crippen LogP contribution >= 0.6 is 0 Å². The minimum Gasteiger partial charge on any atom is -0.375 e. The summed E-state index contributed by atoms with van der Waals surface area (Å²) < 4.78 is 5.57. The number of fused-ring (bicyclic) bond motifs is 1. The number of rotatable bonds is 3. The predicted molar refractivity (Wildman–Crippen MR) is 79.1 cm³/mol. The lowest BCUT2D eigenvalue weighted by atomic mass is 10.1. The molecule has 1 fully saturated rings. The van der Waals surface area contributed by atoms with Crippen LogP contribution < -0.4 is 15.5 Å². The Morgan fingerprint density at radius 1 is 1.50 bits per heavy atom. The number of carbonyl (C=O) groups excluding carboxylic acids is 1. The zero-order valence-electron chi connectivity index (χ0n) is 12.0. The molecule has 108 valence electrons. The van der Waals surface area contributed by atoms with Crippen molar-refractivity contribution in [3.8, 4) is 0 Å². The average Bonchev–Trinajstić information content (AvgIpc) is 2.75. The van der Waals surface area contributed by atoms with Gasteiger partial charge in [-0.05, 0) is 25.6 Å². The molecule has 2 heterocycles. The van der Waals surface area contributed by atoms with Crippen molar-refractivity contribution in [2.45, 2.75) is 26.0 Å². The van der Waals surface area contributed by atoms with Crippen LogP contribution in [0.4, 0.5) is 11.4 Å². The number of hydrogen-bond acceptors (Lipinski definition) is 4. The van der Waals surface area contributed by atoms with Gasteiger partial charge < -0.3 is 20.3 Å². The van der Waals surface area contributed by atoms with E-state index in [1.54, 1.807) is 0 Å². The van der Waals surface area contributed by atoms with Crippen LogP contribution in [0.15, 0.2) is 18.2 Å². The molecule has 0 aliphatic carbocycles. The number of likely N-dealkylation sites (N-methyl/N-ethyl adjacent to an activating group) is 1. The summed E-state index contributed by atoms with van der Waals surface area (Å²) in [6.07, 6.45) is 0.251. The molecule has 2 aliphatic heterocycles. The van der Waals surface area contributed by atoms with E-state index in [0.717, 1.165) is 43.2 Å². The average molecular weight is 275 g/mol. The molecule has 0 aromatic heterocycles. The number of nitrogens with one attached hydrogen (secondary N) is 2. The van der Waals surface area contributed by atoms with Gasteiger partial charge in [-0.2, -0.15) is 0 Å². The van der Waals surface area contributed by atoms with Crippen molar-refractivity contribution in [1.82, 2.24) is 5.32 Å². The Hall–Kier alpha value is -1.59. The molecule has 2 aliphatic rings. The highest BCUT2D eigenvalue weighted by Gasteiger charge is 2.30. The molecule has 2 N–H and O–H groups in total. The number of hydrogen-bond donors (Lipinski definition) is 2. The number of ether oxygens (including phenoxy) is 1. The number of nitrogens with zero attached hydrogens (tertiary/aromatic N) is 1. The lowest BCUT2D eigenvalue weighted by Crippen LogP contribution is -2.41. The third-order valence-corrected chi connectivity index (χ3v) is 3.88. The van der Waals surface area contributed by atoms with Gasteiger partial charge in [-0.25, -0.2) is 0 Å². The molecule has 0 radical (unpaired) electrons. The van der Waals surface area contributed by atoms with Crippen molar-refractivity contribution in [2.75, 3.05) is 36.5 Å². The first kappa shape index (κ1) is 13.4. The Morgan fingerprint density at radius 2 is 2.35 bits per heavy atom. The maximum Gasteiger partial charge on any atom is 0.246 e. The Labute approximate surface area is 119 Å². The third-order valence-electron chi connectivity index (χ3n) is 3.88. The van der Waals surface area contributed by atoms with E-state index in [1.807, 2.05) is 6.92 Å². The summed E-state index contributed by atoms with van der Waals surface area (Å²) in [6.45, 7) is 7.42. The summed E-state index contributed by atoms with van der Waals surface area (Å²) in [7, 11) is 0. The standard InChI is InChI=1S/C15H21N3O2/c1-3-16-14-12-5-4-11(8-13(12)17-15(14)19)18-6-7-20-10(2)9-18/h4-5,8,10,14,16H,3,6-7,9H2,1-2H3,(H,17,19). The highest BCUT2D eigenvalue weighted by molar-refractivity contribution is 6.03. The van der Waals surface area contributed by atoms with Gasteiger partial charge in [-0.15, -0.1) is 0 Å². The van der Waals surface area contributed by atoms with E-state index in [1.165, 1.54) is 0 Å². The molecule has 1 aromatic rings. The summed E-state index contributed by atoms with van der Waals surface area (Å²) in [5.41, 5.74) is 3.12. The number of morpholine rings is 1. The van der Waals surface area contributed by atoms with Crippen molar-refractivity contribution >= 4 is 17.3 Å². The van der Waals surface area contributed by atoms with Crippen LogP contribution in [-0.4, -0.2) is 38.3 Å². The maximum absolute atomic E-state index is 12.0. The van der Waals surface area contributed by atoms with Gasteiger partial charge in [0.2, 0.25) is 5.91 Å². The molecule has 0 saturated carbocycles. The van der Waals surface area contributed by atoms with E-state index in [2.05, 4.69) is 40.7 Å². The third kappa shape index (κ3) is 2.39. The molecule has 2 atom stereocenters. The fraction of sp³-hybridized carbons (Fsp3) is 0.533. The highest BCUT2D eigenvalue weighted by Crippen LogP contribution is 2.34. The SMILES string of the molecule is CCNC1C(=O)Nc2cc(N3CCOC(C)C3)ccc21. The Kier molecular flexibility index (Phi) is 3.63. The second-order valence-corrected chi connectivity index (χ2v) is 5.38. The van der Waals surface area contributed by atoms with Crippen LogP contribution in [0, 0.1) is 0 Å². The lowest BCUT2D eigenvalue weighted by Gasteiger charge is -2.33. The van der Waals surface area contributed by atoms with Crippen molar-refractivity contribution in [1.29, 1.82) is 0 Å². The van der Waals surface area contributed by atoms with Crippen molar-refractivity contribution < 1.29 is 9.53 Å². The van der Waals surface area contributed by atoms with Gasteiger partial charge in [0, 0.05) is 30.0 Å². The van der Waals surface area contributed by atoms with Crippen LogP contribution in [0.3, 0.4) is 0 Å². The number of carbonyl (C=O) groups is 1. The minimum atomic E-state index is -0.215. The van der Waals surface area contributed by atoms with E-state index >= 15 is 0 Å². The molecule has 3 rings (SSSR count). The number of anilines is 2. The van der Waals surface area contributed by atoms with Gasteiger partial charge in [0.25, 0.3) is 0 Å². The van der Waals surface area contributed by atoms with Crippen molar-refractivity contribution in [3.05, 3.63) is 23.8 Å². The summed E-state index contributed by atoms with van der Waals surface area (Å²) in [4.78, 5) is 14.3. The van der Waals surface area contributed by atoms with E-state index < -0.39 is 0 Å². The zero-order valence-corrected chi connectivity index (χ0v) is 12.0. The highest BCUT2D eigenvalue weighted by atomic mass is 16.5. The molecule has 5 nitrogen and oxygen atoms in total. The van der Waals surface area contributed by atoms with Gasteiger partial charge >= 0.3 is 0 Å². The molecule has 1 saturated heterocycles. The fourth-order valence-corrected chi connectivity index (χ4v) is 2.91. The quantitative estimate of drug-likeness (QED) is 0.878. The Balaban J connectivity index is 1.84. The van der Waals surface area contributed by atoms with Crippen LogP contribution in [0.2, 0.25) is 0 Å². The minimum absolute atomic E-state index is 0.0364. The monoisotopic (exact) mass is 275 g/mol. The van der Waals surface area contributed by atoms with Crippen LogP contribution in [-0.2, 0) is 9.53 Å². The molecule has 20 heavy (non-hydrogen) atoms. The second kappa shape index (κ2) is 5.42. The number of amides is 1. The largest absolute Gasteiger partial charge is 0.375 e. The summed E-state index contributed by atoms with van der Waals surface area (Å²) in [5.74, 6) is 0.0364. The molecule has 0 bridgehead atoms. The molecular weight excluding hydrogens is 254 g/mol. The Morgan fingerprint density at radius 3 is 3.10 bits per heavy atom. The summed E-state index contributed by atoms with van der Waals surface area (Å²) in [5, 5.41) is 6.17. The van der Waals surface area contributed by atoms with E-state index in [0.29, 0.717) is 0 Å². The van der Waals surface area contributed by atoms with Gasteiger partial charge in [0.1, 0.15) is 6.04 Å². The van der Waals surface area contributed by atoms with E-state index in [9.17, 15) is 4.79 Å². The number of benzene rings is 1. The van der Waals surface area contributed by atoms with Gasteiger partial charge in [-0.1, -0.05) is 13.0 Å². The summed E-state index contributed by atoms with van der Waals surface area (Å²) in [6, 6.07) is 6.01. The molecule has 2 unspecified atom stereocenters. The molecule has 0 spiro atoms.